The molecule has 4 rings (SSSR count). The maximum Gasteiger partial charge on any atom is 0.224 e. The van der Waals surface area contributed by atoms with Crippen LogP contribution in [0.3, 0.4) is 0 Å². The maximum atomic E-state index is 12.3. The molecule has 0 saturated heterocycles. The molecule has 24 heavy (non-hydrogen) atoms. The number of carbonyl (C=O) groups excluding carboxylic acids is 1. The van der Waals surface area contributed by atoms with Gasteiger partial charge in [-0.15, -0.1) is 11.3 Å². The fraction of sp³-hybridized carbons (Fsp3) is 0.222. The summed E-state index contributed by atoms with van der Waals surface area (Å²) in [7, 11) is 0. The summed E-state index contributed by atoms with van der Waals surface area (Å²) in [5.41, 5.74) is 3.11. The second-order valence-electron chi connectivity index (χ2n) is 5.82. The number of pyridine rings is 2. The fourth-order valence-corrected chi connectivity index (χ4v) is 3.53. The predicted molar refractivity (Wildman–Crippen MR) is 92.3 cm³/mol. The Kier molecular flexibility index (Phi) is 4.04. The van der Waals surface area contributed by atoms with E-state index < -0.39 is 0 Å². The molecule has 1 fully saturated rings. The van der Waals surface area contributed by atoms with E-state index in [1.807, 2.05) is 35.8 Å². The first-order valence-electron chi connectivity index (χ1n) is 7.83. The monoisotopic (exact) mass is 336 g/mol. The summed E-state index contributed by atoms with van der Waals surface area (Å²) in [4.78, 5) is 25.0. The molecule has 3 heterocycles. The molecule has 1 N–H and O–H groups in total. The third kappa shape index (κ3) is 3.19. The van der Waals surface area contributed by atoms with Crippen molar-refractivity contribution < 1.29 is 4.79 Å². The smallest absolute Gasteiger partial charge is 0.224 e. The molecule has 120 valence electrons. The molecule has 0 bridgehead atoms. The molecule has 1 amide bonds. The highest BCUT2D eigenvalue weighted by molar-refractivity contribution is 7.09. The van der Waals surface area contributed by atoms with E-state index in [0.29, 0.717) is 12.5 Å². The Bertz CT molecular complexity index is 834. The summed E-state index contributed by atoms with van der Waals surface area (Å²) in [5, 5.41) is 5.92. The molecule has 1 aliphatic rings. The summed E-state index contributed by atoms with van der Waals surface area (Å²) in [6.45, 7) is 0.477. The molecule has 3 aromatic rings. The fourth-order valence-electron chi connectivity index (χ4n) is 2.79. The average Bonchev–Trinajstić information content (AvgIpc) is 3.31. The van der Waals surface area contributed by atoms with Crippen LogP contribution in [-0.2, 0) is 11.3 Å². The Hall–Kier alpha value is -2.60. The zero-order valence-corrected chi connectivity index (χ0v) is 13.7. The van der Waals surface area contributed by atoms with Gasteiger partial charge in [0.1, 0.15) is 5.01 Å². The molecular formula is C18H16N4OS. The molecule has 3 aromatic heterocycles. The van der Waals surface area contributed by atoms with E-state index >= 15 is 0 Å². The zero-order chi connectivity index (χ0) is 16.4. The van der Waals surface area contributed by atoms with E-state index in [1.165, 1.54) is 0 Å². The van der Waals surface area contributed by atoms with Gasteiger partial charge < -0.3 is 5.32 Å². The molecule has 1 saturated carbocycles. The Morgan fingerprint density at radius 2 is 2.08 bits per heavy atom. The second kappa shape index (κ2) is 6.49. The normalized spacial score (nSPS) is 19.0. The van der Waals surface area contributed by atoms with Crippen molar-refractivity contribution in [3.8, 4) is 11.3 Å². The van der Waals surface area contributed by atoms with Crippen molar-refractivity contribution in [2.75, 3.05) is 0 Å². The Morgan fingerprint density at radius 3 is 2.88 bits per heavy atom. The van der Waals surface area contributed by atoms with Crippen LogP contribution in [-0.4, -0.2) is 20.9 Å². The second-order valence-corrected chi connectivity index (χ2v) is 6.76. The van der Waals surface area contributed by atoms with Crippen LogP contribution in [0.1, 0.15) is 22.9 Å². The van der Waals surface area contributed by atoms with Gasteiger partial charge in [0.25, 0.3) is 0 Å². The highest BCUT2D eigenvalue weighted by Crippen LogP contribution is 2.47. The van der Waals surface area contributed by atoms with Crippen LogP contribution >= 0.6 is 11.3 Å². The van der Waals surface area contributed by atoms with Gasteiger partial charge in [0, 0.05) is 41.6 Å². The summed E-state index contributed by atoms with van der Waals surface area (Å²) >= 11 is 1.56. The van der Waals surface area contributed by atoms with Crippen molar-refractivity contribution in [1.29, 1.82) is 0 Å². The van der Waals surface area contributed by atoms with Crippen LogP contribution in [0, 0.1) is 5.92 Å². The molecule has 0 aromatic carbocycles. The lowest BCUT2D eigenvalue weighted by Gasteiger charge is -2.03. The molecular weight excluding hydrogens is 320 g/mol. The lowest BCUT2D eigenvalue weighted by Crippen LogP contribution is -2.24. The number of hydrogen-bond acceptors (Lipinski definition) is 5. The van der Waals surface area contributed by atoms with Gasteiger partial charge in [-0.2, -0.15) is 0 Å². The molecule has 1 aliphatic carbocycles. The highest BCUT2D eigenvalue weighted by Gasteiger charge is 2.43. The van der Waals surface area contributed by atoms with Crippen molar-refractivity contribution in [3.63, 3.8) is 0 Å². The van der Waals surface area contributed by atoms with Crippen LogP contribution in [0.4, 0.5) is 0 Å². The summed E-state index contributed by atoms with van der Waals surface area (Å²) in [6.07, 6.45) is 8.00. The van der Waals surface area contributed by atoms with Gasteiger partial charge in [0.2, 0.25) is 5.91 Å². The Labute approximate surface area is 143 Å². The first kappa shape index (κ1) is 15.0. The largest absolute Gasteiger partial charge is 0.349 e. The average molecular weight is 336 g/mol. The number of nitrogens with one attached hydrogen (secondary N) is 1. The quantitative estimate of drug-likeness (QED) is 0.778. The molecule has 0 spiro atoms. The molecule has 0 aliphatic heterocycles. The third-order valence-electron chi connectivity index (χ3n) is 4.18. The summed E-state index contributed by atoms with van der Waals surface area (Å²) in [5.74, 6) is 0.473. The molecule has 6 heteroatoms. The van der Waals surface area contributed by atoms with Crippen molar-refractivity contribution in [2.24, 2.45) is 5.92 Å². The van der Waals surface area contributed by atoms with Crippen molar-refractivity contribution in [3.05, 3.63) is 65.0 Å². The number of aromatic nitrogens is 3. The van der Waals surface area contributed by atoms with E-state index in [2.05, 4.69) is 20.3 Å². The zero-order valence-electron chi connectivity index (χ0n) is 12.9. The van der Waals surface area contributed by atoms with Crippen molar-refractivity contribution in [2.45, 2.75) is 18.9 Å². The molecule has 2 unspecified atom stereocenters. The number of hydrogen-bond donors (Lipinski definition) is 1. The predicted octanol–water partition coefficient (Wildman–Crippen LogP) is 3.02. The van der Waals surface area contributed by atoms with Gasteiger partial charge in [-0.05, 0) is 36.1 Å². The number of nitrogens with zero attached hydrogens (tertiary/aromatic N) is 3. The summed E-state index contributed by atoms with van der Waals surface area (Å²) < 4.78 is 0. The van der Waals surface area contributed by atoms with E-state index in [4.69, 9.17) is 0 Å². The first-order valence-corrected chi connectivity index (χ1v) is 8.71. The van der Waals surface area contributed by atoms with Gasteiger partial charge in [0.05, 0.1) is 12.2 Å². The molecule has 2 atom stereocenters. The SMILES string of the molecule is O=C(NCc1nc(-c2ccncc2)cs1)C1CC1c1cccnc1. The van der Waals surface area contributed by atoms with Crippen LogP contribution in [0.5, 0.6) is 0 Å². The summed E-state index contributed by atoms with van der Waals surface area (Å²) in [6, 6.07) is 7.81. The van der Waals surface area contributed by atoms with E-state index in [9.17, 15) is 4.79 Å². The topological polar surface area (TPSA) is 67.8 Å². The van der Waals surface area contributed by atoms with E-state index in [0.717, 1.165) is 28.2 Å². The van der Waals surface area contributed by atoms with E-state index in [-0.39, 0.29) is 11.8 Å². The Morgan fingerprint density at radius 1 is 1.21 bits per heavy atom. The minimum absolute atomic E-state index is 0.0637. The molecule has 5 nitrogen and oxygen atoms in total. The minimum atomic E-state index is 0.0637. The number of carbonyl (C=O) groups is 1. The maximum absolute atomic E-state index is 12.3. The van der Waals surface area contributed by atoms with E-state index in [1.54, 1.807) is 29.9 Å². The number of thiazole rings is 1. The lowest BCUT2D eigenvalue weighted by molar-refractivity contribution is -0.122. The number of amides is 1. The van der Waals surface area contributed by atoms with Crippen molar-refractivity contribution >= 4 is 17.2 Å². The lowest BCUT2D eigenvalue weighted by atomic mass is 10.1. The standard InChI is InChI=1S/C18H16N4OS/c23-18(15-8-14(15)13-2-1-5-20-9-13)21-10-17-22-16(11-24-17)12-3-6-19-7-4-12/h1-7,9,11,14-15H,8,10H2,(H,21,23). The van der Waals surface area contributed by atoms with Gasteiger partial charge in [-0.3, -0.25) is 14.8 Å². The van der Waals surface area contributed by atoms with Crippen LogP contribution < -0.4 is 5.32 Å². The minimum Gasteiger partial charge on any atom is -0.349 e. The Balaban J connectivity index is 1.33. The first-order chi connectivity index (χ1) is 11.8. The van der Waals surface area contributed by atoms with Crippen LogP contribution in [0.2, 0.25) is 0 Å². The van der Waals surface area contributed by atoms with Gasteiger partial charge in [0.15, 0.2) is 0 Å². The van der Waals surface area contributed by atoms with Gasteiger partial charge in [-0.1, -0.05) is 6.07 Å². The van der Waals surface area contributed by atoms with Gasteiger partial charge >= 0.3 is 0 Å². The number of rotatable bonds is 5. The van der Waals surface area contributed by atoms with Crippen molar-refractivity contribution in [1.82, 2.24) is 20.3 Å². The van der Waals surface area contributed by atoms with Gasteiger partial charge in [-0.25, -0.2) is 4.98 Å². The molecule has 0 radical (unpaired) electrons. The van der Waals surface area contributed by atoms with Crippen LogP contribution in [0.15, 0.2) is 54.4 Å². The third-order valence-corrected chi connectivity index (χ3v) is 5.03. The highest BCUT2D eigenvalue weighted by atomic mass is 32.1. The van der Waals surface area contributed by atoms with Crippen LogP contribution in [0.25, 0.3) is 11.3 Å².